The maximum absolute atomic E-state index is 10.1. The van der Waals surface area contributed by atoms with Crippen molar-refractivity contribution in [1.29, 1.82) is 0 Å². The molecule has 0 unspecified atom stereocenters. The summed E-state index contributed by atoms with van der Waals surface area (Å²) in [6.45, 7) is 1.52. The van der Waals surface area contributed by atoms with Crippen molar-refractivity contribution in [2.45, 2.75) is 37.9 Å². The van der Waals surface area contributed by atoms with E-state index in [1.165, 1.54) is 11.0 Å². The summed E-state index contributed by atoms with van der Waals surface area (Å²) in [7, 11) is 0. The summed E-state index contributed by atoms with van der Waals surface area (Å²) in [6.07, 6.45) is -2.30. The van der Waals surface area contributed by atoms with Gasteiger partial charge >= 0.3 is 0 Å². The lowest BCUT2D eigenvalue weighted by atomic mass is 10.1. The number of fused-ring (bicyclic) bond motifs is 1. The minimum absolute atomic E-state index is 0.301. The van der Waals surface area contributed by atoms with Crippen molar-refractivity contribution in [3.05, 3.63) is 12.0 Å². The monoisotopic (exact) mass is 295 g/mol. The zero-order valence-electron chi connectivity index (χ0n) is 11.4. The van der Waals surface area contributed by atoms with Gasteiger partial charge in [-0.3, -0.25) is 0 Å². The number of rotatable bonds is 3. The Hall–Kier alpha value is -1.81. The SMILES string of the molecule is CCc1nn([C@@H]2O[C@H](CO)[C@@H](O)[C@H]2O)c2ncnc(N)c12. The van der Waals surface area contributed by atoms with Crippen LogP contribution in [-0.4, -0.2) is 60.0 Å². The Bertz CT molecular complexity index is 660. The second-order valence-electron chi connectivity index (χ2n) is 4.93. The summed E-state index contributed by atoms with van der Waals surface area (Å²) >= 11 is 0. The minimum Gasteiger partial charge on any atom is -0.394 e. The van der Waals surface area contributed by atoms with Gasteiger partial charge in [0, 0.05) is 0 Å². The molecule has 0 spiro atoms. The van der Waals surface area contributed by atoms with E-state index in [0.717, 1.165) is 0 Å². The van der Waals surface area contributed by atoms with Crippen molar-refractivity contribution in [3.8, 4) is 0 Å². The lowest BCUT2D eigenvalue weighted by Crippen LogP contribution is -2.33. The molecule has 9 nitrogen and oxygen atoms in total. The number of ether oxygens (including phenoxy) is 1. The molecule has 1 aliphatic heterocycles. The first-order valence-corrected chi connectivity index (χ1v) is 6.68. The molecule has 0 aliphatic carbocycles. The Morgan fingerprint density at radius 2 is 2.10 bits per heavy atom. The molecule has 3 rings (SSSR count). The Morgan fingerprint density at radius 1 is 1.33 bits per heavy atom. The van der Waals surface area contributed by atoms with Gasteiger partial charge in [0.15, 0.2) is 11.9 Å². The number of aliphatic hydroxyl groups excluding tert-OH is 3. The van der Waals surface area contributed by atoms with Crippen molar-refractivity contribution in [1.82, 2.24) is 19.7 Å². The smallest absolute Gasteiger partial charge is 0.181 e. The quantitative estimate of drug-likeness (QED) is 0.541. The van der Waals surface area contributed by atoms with Crippen LogP contribution in [0, 0.1) is 0 Å². The highest BCUT2D eigenvalue weighted by Gasteiger charge is 2.44. The van der Waals surface area contributed by atoms with Gasteiger partial charge in [-0.15, -0.1) is 0 Å². The number of nitrogens with zero attached hydrogens (tertiary/aromatic N) is 4. The highest BCUT2D eigenvalue weighted by Crippen LogP contribution is 2.32. The third-order valence-electron chi connectivity index (χ3n) is 3.68. The Morgan fingerprint density at radius 3 is 2.71 bits per heavy atom. The topological polar surface area (TPSA) is 140 Å². The van der Waals surface area contributed by atoms with Gasteiger partial charge in [-0.05, 0) is 6.42 Å². The van der Waals surface area contributed by atoms with Crippen molar-refractivity contribution >= 4 is 16.9 Å². The summed E-state index contributed by atoms with van der Waals surface area (Å²) in [5.74, 6) is 0.301. The van der Waals surface area contributed by atoms with Crippen molar-refractivity contribution < 1.29 is 20.1 Å². The molecule has 2 aromatic heterocycles. The number of anilines is 1. The van der Waals surface area contributed by atoms with Crippen LogP contribution >= 0.6 is 0 Å². The van der Waals surface area contributed by atoms with E-state index >= 15 is 0 Å². The van der Waals surface area contributed by atoms with Gasteiger partial charge in [0.05, 0.1) is 17.7 Å². The molecule has 2 aromatic rings. The molecule has 1 saturated heterocycles. The molecule has 0 radical (unpaired) electrons. The maximum Gasteiger partial charge on any atom is 0.181 e. The predicted octanol–water partition coefficient (Wildman–Crippen LogP) is -1.42. The molecule has 3 heterocycles. The molecule has 0 amide bonds. The lowest BCUT2D eigenvalue weighted by Gasteiger charge is -2.15. The second-order valence-corrected chi connectivity index (χ2v) is 4.93. The van der Waals surface area contributed by atoms with Gasteiger partial charge in [0.2, 0.25) is 0 Å². The van der Waals surface area contributed by atoms with E-state index in [-0.39, 0.29) is 0 Å². The van der Waals surface area contributed by atoms with Gasteiger partial charge in [-0.2, -0.15) is 5.10 Å². The molecule has 0 bridgehead atoms. The fraction of sp³-hybridized carbons (Fsp3) is 0.583. The Balaban J connectivity index is 2.11. The zero-order valence-corrected chi connectivity index (χ0v) is 11.4. The number of nitrogen functional groups attached to an aromatic ring is 1. The van der Waals surface area contributed by atoms with Crippen molar-refractivity contribution in [2.75, 3.05) is 12.3 Å². The first-order valence-electron chi connectivity index (χ1n) is 6.68. The molecular weight excluding hydrogens is 278 g/mol. The largest absolute Gasteiger partial charge is 0.394 e. The van der Waals surface area contributed by atoms with Crippen LogP contribution in [0.4, 0.5) is 5.82 Å². The lowest BCUT2D eigenvalue weighted by molar-refractivity contribution is -0.0568. The molecule has 1 aliphatic rings. The fourth-order valence-electron chi connectivity index (χ4n) is 2.57. The molecule has 114 valence electrons. The van der Waals surface area contributed by atoms with E-state index in [1.54, 1.807) is 0 Å². The van der Waals surface area contributed by atoms with Crippen LogP contribution in [0.2, 0.25) is 0 Å². The molecule has 1 fully saturated rings. The van der Waals surface area contributed by atoms with E-state index in [9.17, 15) is 10.2 Å². The standard InChI is InChI=1S/C12H17N5O4/c1-2-5-7-10(13)14-4-15-11(7)17(16-5)12-9(20)8(19)6(3-18)21-12/h4,6,8-9,12,18-20H,2-3H2,1H3,(H2,13,14,15)/t6-,8-,9-,12-/m1/s1. The highest BCUT2D eigenvalue weighted by molar-refractivity contribution is 5.88. The average Bonchev–Trinajstić information content (AvgIpc) is 2.99. The summed E-state index contributed by atoms with van der Waals surface area (Å²) < 4.78 is 6.86. The Labute approximate surface area is 120 Å². The van der Waals surface area contributed by atoms with Crippen LogP contribution in [0.25, 0.3) is 11.0 Å². The second kappa shape index (κ2) is 5.19. The van der Waals surface area contributed by atoms with Crippen molar-refractivity contribution in [2.24, 2.45) is 0 Å². The van der Waals surface area contributed by atoms with Crippen LogP contribution in [0.3, 0.4) is 0 Å². The normalized spacial score (nSPS) is 29.3. The molecular formula is C12H17N5O4. The third-order valence-corrected chi connectivity index (χ3v) is 3.68. The van der Waals surface area contributed by atoms with E-state index in [2.05, 4.69) is 15.1 Å². The Kier molecular flexibility index (Phi) is 3.49. The number of nitrogens with two attached hydrogens (primary N) is 1. The van der Waals surface area contributed by atoms with Crippen LogP contribution in [0.15, 0.2) is 6.33 Å². The maximum atomic E-state index is 10.1. The first kappa shape index (κ1) is 14.1. The summed E-state index contributed by atoms with van der Waals surface area (Å²) in [6, 6.07) is 0. The van der Waals surface area contributed by atoms with E-state index in [1.807, 2.05) is 6.92 Å². The summed E-state index contributed by atoms with van der Waals surface area (Å²) in [4.78, 5) is 8.08. The van der Waals surface area contributed by atoms with E-state index < -0.39 is 31.1 Å². The van der Waals surface area contributed by atoms with Crippen LogP contribution in [0.1, 0.15) is 18.8 Å². The molecule has 0 aromatic carbocycles. The summed E-state index contributed by atoms with van der Waals surface area (Å²) in [5, 5.41) is 34.1. The molecule has 4 atom stereocenters. The molecule has 0 saturated carbocycles. The van der Waals surface area contributed by atoms with Gasteiger partial charge < -0.3 is 25.8 Å². The molecule has 21 heavy (non-hydrogen) atoms. The highest BCUT2D eigenvalue weighted by atomic mass is 16.6. The first-order chi connectivity index (χ1) is 10.1. The van der Waals surface area contributed by atoms with Crippen LogP contribution < -0.4 is 5.73 Å². The molecule has 5 N–H and O–H groups in total. The van der Waals surface area contributed by atoms with E-state index in [0.29, 0.717) is 29.0 Å². The van der Waals surface area contributed by atoms with Crippen LogP contribution in [-0.2, 0) is 11.2 Å². The molecule has 9 heteroatoms. The van der Waals surface area contributed by atoms with Gasteiger partial charge in [-0.25, -0.2) is 14.6 Å². The zero-order chi connectivity index (χ0) is 15.1. The number of aromatic nitrogens is 4. The van der Waals surface area contributed by atoms with Crippen LogP contribution in [0.5, 0.6) is 0 Å². The van der Waals surface area contributed by atoms with Gasteiger partial charge in [-0.1, -0.05) is 6.92 Å². The number of hydrogen-bond acceptors (Lipinski definition) is 8. The number of aliphatic hydroxyl groups is 3. The summed E-state index contributed by atoms with van der Waals surface area (Å²) in [5.41, 5.74) is 6.97. The predicted molar refractivity (Wildman–Crippen MR) is 72.1 cm³/mol. The van der Waals surface area contributed by atoms with Gasteiger partial charge in [0.25, 0.3) is 0 Å². The van der Waals surface area contributed by atoms with Gasteiger partial charge in [0.1, 0.15) is 30.5 Å². The van der Waals surface area contributed by atoms with Crippen molar-refractivity contribution in [3.63, 3.8) is 0 Å². The number of aryl methyl sites for hydroxylation is 1. The third kappa shape index (κ3) is 2.05. The fourth-order valence-corrected chi connectivity index (χ4v) is 2.57. The van der Waals surface area contributed by atoms with E-state index in [4.69, 9.17) is 15.6 Å². The minimum atomic E-state index is -1.22. The average molecular weight is 295 g/mol. The number of hydrogen-bond donors (Lipinski definition) is 4.